The zero-order chi connectivity index (χ0) is 17.2. The molecule has 0 spiro atoms. The van der Waals surface area contributed by atoms with E-state index in [0.29, 0.717) is 0 Å². The molecule has 1 fully saturated rings. The summed E-state index contributed by atoms with van der Waals surface area (Å²) in [7, 11) is -0.494. The van der Waals surface area contributed by atoms with Crippen LogP contribution in [0.3, 0.4) is 0 Å². The first kappa shape index (κ1) is 16.0. The number of nitrogens with zero attached hydrogens (tertiary/aromatic N) is 4. The lowest BCUT2D eigenvalue weighted by molar-refractivity contribution is 0.447. The molecule has 3 aromatic rings. The summed E-state index contributed by atoms with van der Waals surface area (Å²) >= 11 is 0. The Labute approximate surface area is 146 Å². The highest BCUT2D eigenvalue weighted by atomic mass is 16.2. The lowest BCUT2D eigenvalue weighted by Crippen LogP contribution is -2.50. The Kier molecular flexibility index (Phi) is 4.37. The van der Waals surface area contributed by atoms with Crippen molar-refractivity contribution in [3.05, 3.63) is 37.2 Å². The number of H-pyrrole nitrogens is 1. The van der Waals surface area contributed by atoms with Gasteiger partial charge < -0.3 is 20.1 Å². The van der Waals surface area contributed by atoms with Crippen molar-refractivity contribution in [3.8, 4) is 11.1 Å². The number of rotatable bonds is 4. The highest BCUT2D eigenvalue weighted by Crippen LogP contribution is 2.35. The van der Waals surface area contributed by atoms with Gasteiger partial charge in [-0.3, -0.25) is 0 Å². The van der Waals surface area contributed by atoms with Gasteiger partial charge in [-0.2, -0.15) is 0 Å². The molecule has 0 bridgehead atoms. The van der Waals surface area contributed by atoms with Gasteiger partial charge in [0.2, 0.25) is 0 Å². The maximum Gasteiger partial charge on any atom is 0.373 e. The van der Waals surface area contributed by atoms with Gasteiger partial charge in [0.15, 0.2) is 0 Å². The summed E-state index contributed by atoms with van der Waals surface area (Å²) in [6, 6.07) is 2.34. The third kappa shape index (κ3) is 3.23. The molecular formula is C17H21BN6O. The summed E-state index contributed by atoms with van der Waals surface area (Å²) in [6.45, 7) is 3.62. The van der Waals surface area contributed by atoms with Crippen molar-refractivity contribution in [2.45, 2.75) is 25.7 Å². The molecule has 3 N–H and O–H groups in total. The summed E-state index contributed by atoms with van der Waals surface area (Å²) in [5, 5.41) is 14.0. The Hall–Kier alpha value is -2.45. The fourth-order valence-electron chi connectivity index (χ4n) is 3.64. The molecule has 8 heteroatoms. The van der Waals surface area contributed by atoms with Crippen LogP contribution in [0.15, 0.2) is 37.2 Å². The van der Waals surface area contributed by atoms with E-state index in [0.717, 1.165) is 53.8 Å². The van der Waals surface area contributed by atoms with Gasteiger partial charge >= 0.3 is 7.05 Å². The Morgan fingerprint density at radius 1 is 1.36 bits per heavy atom. The number of hydrogen-bond donors (Lipinski definition) is 3. The molecule has 0 saturated carbocycles. The van der Waals surface area contributed by atoms with Crippen LogP contribution in [0.25, 0.3) is 22.2 Å². The van der Waals surface area contributed by atoms with Crippen molar-refractivity contribution in [2.75, 3.05) is 18.0 Å². The van der Waals surface area contributed by atoms with Gasteiger partial charge in [0, 0.05) is 60.7 Å². The van der Waals surface area contributed by atoms with Crippen LogP contribution < -0.4 is 10.1 Å². The first-order valence-electron chi connectivity index (χ1n) is 8.63. The van der Waals surface area contributed by atoms with Gasteiger partial charge in [-0.1, -0.05) is 0 Å². The molecule has 4 rings (SSSR count). The van der Waals surface area contributed by atoms with Crippen LogP contribution in [0.5, 0.6) is 0 Å². The number of hydrogen-bond acceptors (Lipinski definition) is 6. The van der Waals surface area contributed by atoms with Crippen molar-refractivity contribution >= 4 is 23.8 Å². The van der Waals surface area contributed by atoms with Gasteiger partial charge in [0.25, 0.3) is 0 Å². The van der Waals surface area contributed by atoms with Crippen LogP contribution in [0.4, 0.5) is 5.69 Å². The minimum Gasteiger partial charge on any atom is -0.437 e. The predicted molar refractivity (Wildman–Crippen MR) is 99.3 cm³/mol. The number of aromatic nitrogens is 4. The van der Waals surface area contributed by atoms with Gasteiger partial charge in [0.1, 0.15) is 12.0 Å². The van der Waals surface area contributed by atoms with E-state index in [-0.39, 0.29) is 6.04 Å². The van der Waals surface area contributed by atoms with Crippen molar-refractivity contribution in [2.24, 2.45) is 0 Å². The van der Waals surface area contributed by atoms with E-state index < -0.39 is 7.05 Å². The molecular weight excluding hydrogens is 315 g/mol. The SMILES string of the molecule is CB(O)N[C@@H]1CCCN(c2ccnc3[nH]cc(-c4cncnc4)c23)C1. The standard InChI is InChI=1S/C17H21BN6O/c1-18(25)23-13-3-2-6-24(10-13)15-4-5-21-17-16(15)14(9-22-17)12-7-19-11-20-8-12/h4-5,7-9,11,13,23,25H,2-3,6,10H2,1H3,(H,21,22)/t13-/m1/s1. The topological polar surface area (TPSA) is 90.0 Å². The van der Waals surface area contributed by atoms with E-state index >= 15 is 0 Å². The van der Waals surface area contributed by atoms with Gasteiger partial charge in [-0.25, -0.2) is 15.0 Å². The number of aromatic amines is 1. The number of nitrogens with one attached hydrogen (secondary N) is 2. The monoisotopic (exact) mass is 336 g/mol. The molecule has 3 aromatic heterocycles. The molecule has 0 amide bonds. The van der Waals surface area contributed by atoms with Crippen molar-refractivity contribution in [3.63, 3.8) is 0 Å². The number of pyridine rings is 1. The Bertz CT molecular complexity index is 853. The molecule has 1 aliphatic rings. The predicted octanol–water partition coefficient (Wildman–Crippen LogP) is 1.69. The maximum absolute atomic E-state index is 9.63. The zero-order valence-electron chi connectivity index (χ0n) is 14.2. The Morgan fingerprint density at radius 2 is 2.20 bits per heavy atom. The maximum atomic E-state index is 9.63. The summed E-state index contributed by atoms with van der Waals surface area (Å²) in [5.74, 6) is 0. The number of anilines is 1. The van der Waals surface area contributed by atoms with Gasteiger partial charge in [-0.15, -0.1) is 0 Å². The van der Waals surface area contributed by atoms with E-state index in [9.17, 15) is 5.02 Å². The molecule has 25 heavy (non-hydrogen) atoms. The first-order chi connectivity index (χ1) is 12.2. The lowest BCUT2D eigenvalue weighted by atomic mass is 9.85. The fraction of sp³-hybridized carbons (Fsp3) is 0.353. The normalized spacial score (nSPS) is 17.8. The second-order valence-corrected chi connectivity index (χ2v) is 6.51. The first-order valence-corrected chi connectivity index (χ1v) is 8.63. The Balaban J connectivity index is 1.73. The minimum atomic E-state index is -0.494. The molecule has 7 nitrogen and oxygen atoms in total. The van der Waals surface area contributed by atoms with E-state index in [4.69, 9.17) is 0 Å². The van der Waals surface area contributed by atoms with Gasteiger partial charge in [-0.05, 0) is 25.7 Å². The van der Waals surface area contributed by atoms with Crippen LogP contribution in [0.1, 0.15) is 12.8 Å². The van der Waals surface area contributed by atoms with E-state index in [1.807, 2.05) is 24.8 Å². The third-order valence-electron chi connectivity index (χ3n) is 4.66. The van der Waals surface area contributed by atoms with Gasteiger partial charge in [0.05, 0.1) is 5.39 Å². The number of piperidine rings is 1. The smallest absolute Gasteiger partial charge is 0.373 e. The van der Waals surface area contributed by atoms with E-state index in [1.165, 1.54) is 6.33 Å². The van der Waals surface area contributed by atoms with Crippen molar-refractivity contribution in [1.29, 1.82) is 0 Å². The molecule has 1 saturated heterocycles. The van der Waals surface area contributed by atoms with Crippen LogP contribution in [-0.4, -0.2) is 51.1 Å². The fourth-order valence-corrected chi connectivity index (χ4v) is 3.64. The molecule has 128 valence electrons. The van der Waals surface area contributed by atoms with E-state index in [2.05, 4.69) is 36.1 Å². The molecule has 1 atom stereocenters. The van der Waals surface area contributed by atoms with Crippen molar-refractivity contribution in [1.82, 2.24) is 25.2 Å². The highest BCUT2D eigenvalue weighted by molar-refractivity contribution is 6.45. The number of fused-ring (bicyclic) bond motifs is 1. The lowest BCUT2D eigenvalue weighted by Gasteiger charge is -2.35. The molecule has 0 aromatic carbocycles. The largest absolute Gasteiger partial charge is 0.437 e. The molecule has 0 aliphatic carbocycles. The second kappa shape index (κ2) is 6.82. The molecule has 4 heterocycles. The third-order valence-corrected chi connectivity index (χ3v) is 4.66. The van der Waals surface area contributed by atoms with Crippen LogP contribution in [-0.2, 0) is 0 Å². The minimum absolute atomic E-state index is 0.277. The van der Waals surface area contributed by atoms with Crippen LogP contribution in [0.2, 0.25) is 6.82 Å². The quantitative estimate of drug-likeness (QED) is 0.628. The highest BCUT2D eigenvalue weighted by Gasteiger charge is 2.24. The average molecular weight is 336 g/mol. The molecule has 0 unspecified atom stereocenters. The summed E-state index contributed by atoms with van der Waals surface area (Å²) in [6.07, 6.45) is 11.1. The van der Waals surface area contributed by atoms with Crippen molar-refractivity contribution < 1.29 is 5.02 Å². The Morgan fingerprint density at radius 3 is 3.00 bits per heavy atom. The molecule has 0 radical (unpaired) electrons. The van der Waals surface area contributed by atoms with E-state index in [1.54, 1.807) is 6.82 Å². The summed E-state index contributed by atoms with van der Waals surface area (Å²) in [5.41, 5.74) is 4.05. The van der Waals surface area contributed by atoms with Crippen LogP contribution >= 0.6 is 0 Å². The second-order valence-electron chi connectivity index (χ2n) is 6.51. The zero-order valence-corrected chi connectivity index (χ0v) is 14.2. The average Bonchev–Trinajstić information content (AvgIpc) is 3.06. The van der Waals surface area contributed by atoms with Crippen LogP contribution in [0, 0.1) is 0 Å². The summed E-state index contributed by atoms with van der Waals surface area (Å²) < 4.78 is 0. The molecule has 1 aliphatic heterocycles. The summed E-state index contributed by atoms with van der Waals surface area (Å²) in [4.78, 5) is 18.4.